The Morgan fingerprint density at radius 3 is 2.75 bits per heavy atom. The summed E-state index contributed by atoms with van der Waals surface area (Å²) in [5.41, 5.74) is 3.99. The standard InChI is InChI=1S/C14H19N5S/c1-10-13(20-9-18-10)8-19(2)14-7-16-12(6-17-14)5-15-11-3-4-11/h6-7,9,11,15H,3-5,8H2,1-2H3. The van der Waals surface area contributed by atoms with Gasteiger partial charge in [-0.3, -0.25) is 4.98 Å². The molecule has 0 amide bonds. The Labute approximate surface area is 123 Å². The van der Waals surface area contributed by atoms with Gasteiger partial charge in [-0.15, -0.1) is 11.3 Å². The van der Waals surface area contributed by atoms with Gasteiger partial charge in [0.25, 0.3) is 0 Å². The summed E-state index contributed by atoms with van der Waals surface area (Å²) in [5, 5.41) is 3.44. The molecule has 1 aliphatic rings. The van der Waals surface area contributed by atoms with Gasteiger partial charge in [0, 0.05) is 24.5 Å². The van der Waals surface area contributed by atoms with Crippen LogP contribution in [0.4, 0.5) is 5.82 Å². The van der Waals surface area contributed by atoms with Crippen molar-refractivity contribution in [2.45, 2.75) is 38.9 Å². The molecule has 20 heavy (non-hydrogen) atoms. The lowest BCUT2D eigenvalue weighted by molar-refractivity contribution is 0.671. The Bertz CT molecular complexity index is 561. The Balaban J connectivity index is 1.59. The summed E-state index contributed by atoms with van der Waals surface area (Å²) in [5.74, 6) is 0.896. The Hall–Kier alpha value is -1.53. The zero-order valence-electron chi connectivity index (χ0n) is 11.8. The van der Waals surface area contributed by atoms with Crippen molar-refractivity contribution in [3.8, 4) is 0 Å². The van der Waals surface area contributed by atoms with E-state index < -0.39 is 0 Å². The van der Waals surface area contributed by atoms with E-state index in [9.17, 15) is 0 Å². The van der Waals surface area contributed by atoms with E-state index in [1.54, 1.807) is 11.3 Å². The first-order valence-electron chi connectivity index (χ1n) is 6.87. The van der Waals surface area contributed by atoms with Crippen LogP contribution in [0.2, 0.25) is 0 Å². The molecule has 5 nitrogen and oxygen atoms in total. The maximum atomic E-state index is 4.49. The summed E-state index contributed by atoms with van der Waals surface area (Å²) in [4.78, 5) is 16.6. The number of aromatic nitrogens is 3. The van der Waals surface area contributed by atoms with E-state index in [0.717, 1.165) is 30.3 Å². The van der Waals surface area contributed by atoms with Gasteiger partial charge in [0.2, 0.25) is 0 Å². The van der Waals surface area contributed by atoms with Crippen LogP contribution in [0.25, 0.3) is 0 Å². The van der Waals surface area contributed by atoms with Crippen LogP contribution in [0, 0.1) is 6.92 Å². The topological polar surface area (TPSA) is 53.9 Å². The number of nitrogens with zero attached hydrogens (tertiary/aromatic N) is 4. The van der Waals surface area contributed by atoms with Crippen molar-refractivity contribution in [3.05, 3.63) is 34.2 Å². The molecule has 1 aliphatic carbocycles. The molecule has 1 fully saturated rings. The lowest BCUT2D eigenvalue weighted by Crippen LogP contribution is -2.19. The second-order valence-electron chi connectivity index (χ2n) is 5.24. The minimum atomic E-state index is 0.702. The summed E-state index contributed by atoms with van der Waals surface area (Å²) in [6, 6.07) is 0.702. The molecule has 0 unspecified atom stereocenters. The third-order valence-electron chi connectivity index (χ3n) is 3.46. The average Bonchev–Trinajstić information content (AvgIpc) is 3.21. The SMILES string of the molecule is Cc1ncsc1CN(C)c1cnc(CNC2CC2)cn1. The van der Waals surface area contributed by atoms with E-state index in [0.29, 0.717) is 6.04 Å². The molecule has 0 saturated heterocycles. The molecule has 0 radical (unpaired) electrons. The maximum absolute atomic E-state index is 4.49. The van der Waals surface area contributed by atoms with Crippen LogP contribution in [-0.2, 0) is 13.1 Å². The highest BCUT2D eigenvalue weighted by Crippen LogP contribution is 2.19. The lowest BCUT2D eigenvalue weighted by Gasteiger charge is -2.17. The van der Waals surface area contributed by atoms with E-state index in [1.165, 1.54) is 17.7 Å². The largest absolute Gasteiger partial charge is 0.353 e. The highest BCUT2D eigenvalue weighted by Gasteiger charge is 2.20. The van der Waals surface area contributed by atoms with Crippen molar-refractivity contribution in [1.82, 2.24) is 20.3 Å². The third-order valence-corrected chi connectivity index (χ3v) is 4.38. The normalized spacial score (nSPS) is 14.5. The molecule has 106 valence electrons. The quantitative estimate of drug-likeness (QED) is 0.883. The van der Waals surface area contributed by atoms with Crippen molar-refractivity contribution in [2.75, 3.05) is 11.9 Å². The lowest BCUT2D eigenvalue weighted by atomic mass is 10.3. The van der Waals surface area contributed by atoms with Crippen molar-refractivity contribution in [2.24, 2.45) is 0 Å². The molecule has 1 N–H and O–H groups in total. The molecule has 2 heterocycles. The Morgan fingerprint density at radius 1 is 1.30 bits per heavy atom. The predicted octanol–water partition coefficient (Wildman–Crippen LogP) is 2.13. The van der Waals surface area contributed by atoms with E-state index in [1.807, 2.05) is 31.9 Å². The van der Waals surface area contributed by atoms with Crippen LogP contribution >= 0.6 is 11.3 Å². The fourth-order valence-corrected chi connectivity index (χ4v) is 2.78. The number of nitrogens with one attached hydrogen (secondary N) is 1. The number of aryl methyl sites for hydroxylation is 1. The predicted molar refractivity (Wildman–Crippen MR) is 80.9 cm³/mol. The molecule has 2 aromatic heterocycles. The first-order valence-corrected chi connectivity index (χ1v) is 7.75. The number of anilines is 1. The number of hydrogen-bond acceptors (Lipinski definition) is 6. The van der Waals surface area contributed by atoms with Crippen LogP contribution in [0.3, 0.4) is 0 Å². The minimum absolute atomic E-state index is 0.702. The van der Waals surface area contributed by atoms with Crippen molar-refractivity contribution in [3.63, 3.8) is 0 Å². The van der Waals surface area contributed by atoms with Crippen LogP contribution in [-0.4, -0.2) is 28.0 Å². The number of rotatable bonds is 6. The Kier molecular flexibility index (Phi) is 3.93. The first kappa shape index (κ1) is 13.5. The van der Waals surface area contributed by atoms with Crippen LogP contribution in [0.1, 0.15) is 29.1 Å². The molecule has 0 aliphatic heterocycles. The molecule has 0 bridgehead atoms. The van der Waals surface area contributed by atoms with E-state index in [-0.39, 0.29) is 0 Å². The molecule has 3 rings (SSSR count). The maximum Gasteiger partial charge on any atom is 0.147 e. The van der Waals surface area contributed by atoms with E-state index in [2.05, 4.69) is 25.2 Å². The van der Waals surface area contributed by atoms with Gasteiger partial charge < -0.3 is 10.2 Å². The second-order valence-corrected chi connectivity index (χ2v) is 6.18. The molecular weight excluding hydrogens is 270 g/mol. The highest BCUT2D eigenvalue weighted by atomic mass is 32.1. The smallest absolute Gasteiger partial charge is 0.147 e. The van der Waals surface area contributed by atoms with E-state index in [4.69, 9.17) is 0 Å². The van der Waals surface area contributed by atoms with Gasteiger partial charge in [0.15, 0.2) is 0 Å². The molecule has 0 atom stereocenters. The summed E-state index contributed by atoms with van der Waals surface area (Å²) in [7, 11) is 2.03. The van der Waals surface area contributed by atoms with Gasteiger partial charge in [-0.2, -0.15) is 0 Å². The molecule has 1 saturated carbocycles. The van der Waals surface area contributed by atoms with Crippen molar-refractivity contribution >= 4 is 17.2 Å². The van der Waals surface area contributed by atoms with Gasteiger partial charge in [0.1, 0.15) is 5.82 Å². The first-order chi connectivity index (χ1) is 9.72. The van der Waals surface area contributed by atoms with Gasteiger partial charge >= 0.3 is 0 Å². The zero-order chi connectivity index (χ0) is 13.9. The van der Waals surface area contributed by atoms with Gasteiger partial charge in [0.05, 0.1) is 35.8 Å². The monoisotopic (exact) mass is 289 g/mol. The van der Waals surface area contributed by atoms with Gasteiger partial charge in [-0.25, -0.2) is 9.97 Å². The fourth-order valence-electron chi connectivity index (χ4n) is 1.95. The van der Waals surface area contributed by atoms with Gasteiger partial charge in [-0.05, 0) is 19.8 Å². The van der Waals surface area contributed by atoms with E-state index >= 15 is 0 Å². The van der Waals surface area contributed by atoms with Gasteiger partial charge in [-0.1, -0.05) is 0 Å². The highest BCUT2D eigenvalue weighted by molar-refractivity contribution is 7.09. The number of hydrogen-bond donors (Lipinski definition) is 1. The zero-order valence-corrected chi connectivity index (χ0v) is 12.7. The van der Waals surface area contributed by atoms with Crippen LogP contribution < -0.4 is 10.2 Å². The Morgan fingerprint density at radius 2 is 2.15 bits per heavy atom. The molecule has 0 spiro atoms. The fraction of sp³-hybridized carbons (Fsp3) is 0.500. The van der Waals surface area contributed by atoms with Crippen LogP contribution in [0.5, 0.6) is 0 Å². The second kappa shape index (κ2) is 5.85. The summed E-state index contributed by atoms with van der Waals surface area (Å²) in [6.07, 6.45) is 6.30. The third kappa shape index (κ3) is 3.32. The number of thiazole rings is 1. The molecule has 2 aromatic rings. The summed E-state index contributed by atoms with van der Waals surface area (Å²) >= 11 is 1.68. The molecule has 0 aromatic carbocycles. The minimum Gasteiger partial charge on any atom is -0.353 e. The summed E-state index contributed by atoms with van der Waals surface area (Å²) < 4.78 is 0. The average molecular weight is 289 g/mol. The molecule has 6 heteroatoms. The van der Waals surface area contributed by atoms with Crippen molar-refractivity contribution in [1.29, 1.82) is 0 Å². The van der Waals surface area contributed by atoms with Crippen molar-refractivity contribution < 1.29 is 0 Å². The van der Waals surface area contributed by atoms with Crippen LogP contribution in [0.15, 0.2) is 17.9 Å². The summed E-state index contributed by atoms with van der Waals surface area (Å²) in [6.45, 7) is 3.68. The molecular formula is C14H19N5S.